The average Bonchev–Trinajstić information content (AvgIpc) is 3.27. The Balaban J connectivity index is 1.80. The number of nitrogens with zero attached hydrogens (tertiary/aromatic N) is 2. The summed E-state index contributed by atoms with van der Waals surface area (Å²) in [5.74, 6) is 0.994. The molecule has 0 aromatic rings. The van der Waals surface area contributed by atoms with Crippen LogP contribution in [0.1, 0.15) is 59.3 Å². The lowest BCUT2D eigenvalue weighted by atomic mass is 9.67. The molecule has 0 amide bonds. The normalized spacial score (nSPS) is 22.8. The number of hydrogen-bond acceptors (Lipinski definition) is 2. The van der Waals surface area contributed by atoms with E-state index in [1.165, 1.54) is 38.5 Å². The molecule has 21 heavy (non-hydrogen) atoms. The number of rotatable bonds is 8. The monoisotopic (exact) mass is 294 g/mol. The van der Waals surface area contributed by atoms with Gasteiger partial charge in [-0.05, 0) is 58.4 Å². The minimum absolute atomic E-state index is 0.499. The number of likely N-dealkylation sites (N-methyl/N-ethyl adjacent to an activating group) is 1. The van der Waals surface area contributed by atoms with Crippen LogP contribution in [0.2, 0.25) is 0 Å². The topological polar surface area (TPSA) is 39.7 Å². The van der Waals surface area contributed by atoms with Gasteiger partial charge in [0.2, 0.25) is 0 Å². The largest absolute Gasteiger partial charge is 0.357 e. The second-order valence-corrected chi connectivity index (χ2v) is 7.03. The molecule has 2 saturated carbocycles. The molecule has 0 bridgehead atoms. The van der Waals surface area contributed by atoms with E-state index in [1.54, 1.807) is 0 Å². The Morgan fingerprint density at radius 2 is 2.00 bits per heavy atom. The first kappa shape index (κ1) is 16.6. The summed E-state index contributed by atoms with van der Waals surface area (Å²) < 4.78 is 0. The predicted octanol–water partition coefficient (Wildman–Crippen LogP) is 2.60. The van der Waals surface area contributed by atoms with E-state index in [0.29, 0.717) is 11.5 Å². The van der Waals surface area contributed by atoms with Crippen LogP contribution in [0.15, 0.2) is 4.99 Å². The first-order valence-corrected chi connectivity index (χ1v) is 8.84. The van der Waals surface area contributed by atoms with Gasteiger partial charge in [-0.15, -0.1) is 0 Å². The van der Waals surface area contributed by atoms with Gasteiger partial charge in [0.05, 0.1) is 0 Å². The zero-order valence-corrected chi connectivity index (χ0v) is 14.4. The first-order valence-electron chi connectivity index (χ1n) is 8.84. The van der Waals surface area contributed by atoms with Crippen LogP contribution in [0.4, 0.5) is 0 Å². The van der Waals surface area contributed by atoms with Gasteiger partial charge in [-0.25, -0.2) is 0 Å². The van der Waals surface area contributed by atoms with Crippen molar-refractivity contribution in [2.75, 3.05) is 26.7 Å². The van der Waals surface area contributed by atoms with Crippen LogP contribution in [0, 0.1) is 5.41 Å². The van der Waals surface area contributed by atoms with Gasteiger partial charge in [0.1, 0.15) is 0 Å². The van der Waals surface area contributed by atoms with Crippen molar-refractivity contribution in [3.8, 4) is 0 Å². The summed E-state index contributed by atoms with van der Waals surface area (Å²) in [6, 6.07) is 1.38. The quantitative estimate of drug-likeness (QED) is 0.534. The summed E-state index contributed by atoms with van der Waals surface area (Å²) >= 11 is 0. The van der Waals surface area contributed by atoms with Crippen LogP contribution in [0.25, 0.3) is 0 Å². The second-order valence-electron chi connectivity index (χ2n) is 7.03. The van der Waals surface area contributed by atoms with Crippen LogP contribution in [-0.4, -0.2) is 49.6 Å². The Hall–Kier alpha value is -0.770. The van der Waals surface area contributed by atoms with E-state index in [1.807, 2.05) is 0 Å². The van der Waals surface area contributed by atoms with Crippen LogP contribution in [0.3, 0.4) is 0 Å². The van der Waals surface area contributed by atoms with E-state index in [0.717, 1.165) is 31.6 Å². The van der Waals surface area contributed by atoms with Crippen LogP contribution in [-0.2, 0) is 0 Å². The van der Waals surface area contributed by atoms with Crippen molar-refractivity contribution in [1.82, 2.24) is 15.5 Å². The number of nitrogens with one attached hydrogen (secondary N) is 2. The average molecular weight is 294 g/mol. The molecule has 0 spiro atoms. The highest BCUT2D eigenvalue weighted by Crippen LogP contribution is 2.43. The fourth-order valence-corrected chi connectivity index (χ4v) is 3.12. The van der Waals surface area contributed by atoms with Gasteiger partial charge in [-0.3, -0.25) is 9.89 Å². The molecule has 0 aliphatic heterocycles. The summed E-state index contributed by atoms with van der Waals surface area (Å²) in [5, 5.41) is 6.91. The molecular weight excluding hydrogens is 260 g/mol. The van der Waals surface area contributed by atoms with E-state index in [4.69, 9.17) is 4.99 Å². The van der Waals surface area contributed by atoms with Crippen LogP contribution in [0.5, 0.6) is 0 Å². The number of guanidine groups is 1. The lowest BCUT2D eigenvalue weighted by Crippen LogP contribution is -2.46. The van der Waals surface area contributed by atoms with E-state index in [-0.39, 0.29) is 0 Å². The molecule has 2 aliphatic carbocycles. The van der Waals surface area contributed by atoms with Gasteiger partial charge in [-0.2, -0.15) is 0 Å². The standard InChI is InChI=1S/C17H34N4/c1-5-17(10-7-11-17)13-20-16(18-6-2)19-12-14(3)21(4)15-8-9-15/h14-15H,5-13H2,1-4H3,(H2,18,19,20). The predicted molar refractivity (Wildman–Crippen MR) is 90.8 cm³/mol. The maximum atomic E-state index is 4.85. The molecule has 2 rings (SSSR count). The van der Waals surface area contributed by atoms with Gasteiger partial charge in [-0.1, -0.05) is 13.3 Å². The minimum Gasteiger partial charge on any atom is -0.357 e. The summed E-state index contributed by atoms with van der Waals surface area (Å²) in [5.41, 5.74) is 0.499. The molecule has 4 nitrogen and oxygen atoms in total. The Labute approximate surface area is 130 Å². The van der Waals surface area contributed by atoms with Crippen molar-refractivity contribution in [2.45, 2.75) is 71.4 Å². The van der Waals surface area contributed by atoms with Crippen molar-refractivity contribution < 1.29 is 0 Å². The van der Waals surface area contributed by atoms with Crippen LogP contribution < -0.4 is 10.6 Å². The summed E-state index contributed by atoms with van der Waals surface area (Å²) in [6.07, 6.45) is 8.09. The summed E-state index contributed by atoms with van der Waals surface area (Å²) in [6.45, 7) is 9.62. The molecule has 4 heteroatoms. The molecule has 0 aromatic heterocycles. The first-order chi connectivity index (χ1) is 10.1. The molecule has 0 saturated heterocycles. The molecule has 0 aromatic carbocycles. The third-order valence-electron chi connectivity index (χ3n) is 5.46. The van der Waals surface area contributed by atoms with Crippen LogP contribution >= 0.6 is 0 Å². The highest BCUT2D eigenvalue weighted by atomic mass is 15.2. The van der Waals surface area contributed by atoms with Crippen molar-refractivity contribution in [2.24, 2.45) is 10.4 Å². The second kappa shape index (κ2) is 7.48. The van der Waals surface area contributed by atoms with Gasteiger partial charge >= 0.3 is 0 Å². The Kier molecular flexibility index (Phi) is 5.91. The van der Waals surface area contributed by atoms with E-state index in [9.17, 15) is 0 Å². The maximum Gasteiger partial charge on any atom is 0.191 e. The molecule has 2 N–H and O–H groups in total. The summed E-state index contributed by atoms with van der Waals surface area (Å²) in [4.78, 5) is 7.34. The molecule has 0 heterocycles. The zero-order valence-electron chi connectivity index (χ0n) is 14.4. The highest BCUT2D eigenvalue weighted by Gasteiger charge is 2.34. The van der Waals surface area contributed by atoms with Gasteiger partial charge in [0.25, 0.3) is 0 Å². The van der Waals surface area contributed by atoms with E-state index < -0.39 is 0 Å². The smallest absolute Gasteiger partial charge is 0.191 e. The lowest BCUT2D eigenvalue weighted by Gasteiger charge is -2.40. The molecule has 0 radical (unpaired) electrons. The zero-order chi connectivity index (χ0) is 15.3. The van der Waals surface area contributed by atoms with E-state index >= 15 is 0 Å². The van der Waals surface area contributed by atoms with Gasteiger partial charge < -0.3 is 10.6 Å². The number of hydrogen-bond donors (Lipinski definition) is 2. The Morgan fingerprint density at radius 3 is 2.48 bits per heavy atom. The van der Waals surface area contributed by atoms with Gasteiger partial charge in [0, 0.05) is 31.7 Å². The molecule has 2 aliphatic rings. The maximum absolute atomic E-state index is 4.85. The molecule has 122 valence electrons. The molecule has 1 unspecified atom stereocenters. The molecular formula is C17H34N4. The summed E-state index contributed by atoms with van der Waals surface area (Å²) in [7, 11) is 2.24. The fourth-order valence-electron chi connectivity index (χ4n) is 3.12. The van der Waals surface area contributed by atoms with Crippen molar-refractivity contribution in [3.63, 3.8) is 0 Å². The third-order valence-corrected chi connectivity index (χ3v) is 5.46. The van der Waals surface area contributed by atoms with Crippen molar-refractivity contribution >= 4 is 5.96 Å². The Morgan fingerprint density at radius 1 is 1.29 bits per heavy atom. The SMILES string of the molecule is CCNC(=NCC1(CC)CCC1)NCC(C)N(C)C1CC1. The fraction of sp³-hybridized carbons (Fsp3) is 0.941. The van der Waals surface area contributed by atoms with E-state index in [2.05, 4.69) is 43.4 Å². The molecule has 1 atom stereocenters. The van der Waals surface area contributed by atoms with Crippen molar-refractivity contribution in [3.05, 3.63) is 0 Å². The minimum atomic E-state index is 0.499. The lowest BCUT2D eigenvalue weighted by molar-refractivity contribution is 0.139. The highest BCUT2D eigenvalue weighted by molar-refractivity contribution is 5.79. The third kappa shape index (κ3) is 4.60. The van der Waals surface area contributed by atoms with Crippen molar-refractivity contribution in [1.29, 1.82) is 0 Å². The number of aliphatic imine (C=N–C) groups is 1. The molecule has 2 fully saturated rings. The van der Waals surface area contributed by atoms with Gasteiger partial charge in [0.15, 0.2) is 5.96 Å². The Bertz CT molecular complexity index is 339.